The summed E-state index contributed by atoms with van der Waals surface area (Å²) in [6.07, 6.45) is 3.03. The van der Waals surface area contributed by atoms with Crippen LogP contribution in [0.15, 0.2) is 77.5 Å². The number of anilines is 1. The van der Waals surface area contributed by atoms with Crippen molar-refractivity contribution in [2.45, 2.75) is 13.8 Å². The highest BCUT2D eigenvalue weighted by Gasteiger charge is 2.16. The first kappa shape index (κ1) is 28.3. The molecule has 2 N–H and O–H groups in total. The molecule has 0 saturated heterocycles. The minimum atomic E-state index is -0.609. The number of hydrazone groups is 1. The monoisotopic (exact) mass is 534 g/mol. The molecule has 0 bridgehead atoms. The maximum Gasteiger partial charge on any atom is 0.287 e. The summed E-state index contributed by atoms with van der Waals surface area (Å²) in [6.45, 7) is 5.94. The molecular formula is C29H31ClN4O4. The zero-order valence-electron chi connectivity index (χ0n) is 21.8. The van der Waals surface area contributed by atoms with Crippen molar-refractivity contribution in [1.29, 1.82) is 0 Å². The Balaban J connectivity index is 1.86. The first-order valence-corrected chi connectivity index (χ1v) is 12.5. The maximum atomic E-state index is 13.1. The van der Waals surface area contributed by atoms with Crippen molar-refractivity contribution >= 4 is 41.4 Å². The molecule has 0 saturated carbocycles. The number of methoxy groups -OCH3 is 2. The third kappa shape index (κ3) is 7.36. The summed E-state index contributed by atoms with van der Waals surface area (Å²) < 4.78 is 10.6. The molecule has 0 unspecified atom stereocenters. The Morgan fingerprint density at radius 3 is 2.32 bits per heavy atom. The van der Waals surface area contributed by atoms with Gasteiger partial charge in [0.1, 0.15) is 17.2 Å². The molecule has 3 aromatic carbocycles. The second-order valence-electron chi connectivity index (χ2n) is 8.06. The van der Waals surface area contributed by atoms with Crippen LogP contribution < -0.4 is 25.1 Å². The topological polar surface area (TPSA) is 92.3 Å². The van der Waals surface area contributed by atoms with E-state index in [0.29, 0.717) is 17.1 Å². The van der Waals surface area contributed by atoms with Gasteiger partial charge in [-0.15, -0.1) is 0 Å². The fraction of sp³-hybridized carbons (Fsp3) is 0.207. The van der Waals surface area contributed by atoms with Gasteiger partial charge in [-0.25, -0.2) is 5.43 Å². The number of carbonyl (C=O) groups is 2. The number of benzene rings is 3. The zero-order valence-corrected chi connectivity index (χ0v) is 22.6. The summed E-state index contributed by atoms with van der Waals surface area (Å²) in [4.78, 5) is 28.3. The van der Waals surface area contributed by atoms with Gasteiger partial charge in [0, 0.05) is 30.4 Å². The fourth-order valence-corrected chi connectivity index (χ4v) is 3.90. The molecule has 0 aliphatic rings. The molecule has 2 amide bonds. The summed E-state index contributed by atoms with van der Waals surface area (Å²) in [5, 5.41) is 7.00. The van der Waals surface area contributed by atoms with E-state index in [1.54, 1.807) is 55.7 Å². The second kappa shape index (κ2) is 13.9. The second-order valence-corrected chi connectivity index (χ2v) is 8.47. The van der Waals surface area contributed by atoms with E-state index in [-0.39, 0.29) is 16.3 Å². The number of hydrogen-bond acceptors (Lipinski definition) is 6. The van der Waals surface area contributed by atoms with Gasteiger partial charge in [0.25, 0.3) is 11.8 Å². The van der Waals surface area contributed by atoms with E-state index in [1.165, 1.54) is 13.3 Å². The largest absolute Gasteiger partial charge is 0.497 e. The molecule has 3 aromatic rings. The highest BCUT2D eigenvalue weighted by atomic mass is 35.5. The molecule has 0 radical (unpaired) electrons. The Labute approximate surface area is 227 Å². The molecule has 9 heteroatoms. The Hall–Kier alpha value is -4.30. The lowest BCUT2D eigenvalue weighted by molar-refractivity contribution is -0.117. The van der Waals surface area contributed by atoms with Crippen LogP contribution in [0.4, 0.5) is 5.69 Å². The molecule has 0 atom stereocenters. The summed E-state index contributed by atoms with van der Waals surface area (Å²) in [5.41, 5.74) is 5.15. The van der Waals surface area contributed by atoms with Crippen LogP contribution in [-0.4, -0.2) is 45.3 Å². The molecule has 0 aliphatic carbocycles. The van der Waals surface area contributed by atoms with E-state index in [4.69, 9.17) is 21.1 Å². The van der Waals surface area contributed by atoms with Crippen LogP contribution in [-0.2, 0) is 4.79 Å². The molecule has 198 valence electrons. The van der Waals surface area contributed by atoms with Gasteiger partial charge in [0.2, 0.25) is 0 Å². The van der Waals surface area contributed by atoms with E-state index >= 15 is 0 Å². The Morgan fingerprint density at radius 2 is 1.68 bits per heavy atom. The van der Waals surface area contributed by atoms with Gasteiger partial charge in [-0.3, -0.25) is 9.59 Å². The standard InChI is InChI=1S/C29H31ClN4O4/c1-5-34(6-2)22-14-11-20(12-15-22)17-26(32-28(35)24-9-7-8-10-25(24)30)29(36)33-31-19-21-13-16-23(37-3)18-27(21)38-4/h7-19H,5-6H2,1-4H3,(H,32,35)(H,33,36). The number of rotatable bonds is 11. The molecule has 0 aromatic heterocycles. The van der Waals surface area contributed by atoms with E-state index in [0.717, 1.165) is 24.3 Å². The number of ether oxygens (including phenoxy) is 2. The Morgan fingerprint density at radius 1 is 0.974 bits per heavy atom. The van der Waals surface area contributed by atoms with Crippen molar-refractivity contribution in [2.24, 2.45) is 5.10 Å². The van der Waals surface area contributed by atoms with Crippen molar-refractivity contribution in [3.05, 3.63) is 94.1 Å². The van der Waals surface area contributed by atoms with Crippen LogP contribution in [0.25, 0.3) is 6.08 Å². The van der Waals surface area contributed by atoms with E-state index in [1.807, 2.05) is 24.3 Å². The van der Waals surface area contributed by atoms with Gasteiger partial charge in [-0.05, 0) is 61.9 Å². The fourth-order valence-electron chi connectivity index (χ4n) is 3.68. The number of carbonyl (C=O) groups excluding carboxylic acids is 2. The van der Waals surface area contributed by atoms with Gasteiger partial charge in [0.15, 0.2) is 0 Å². The molecule has 3 rings (SSSR count). The first-order valence-electron chi connectivity index (χ1n) is 12.1. The molecule has 8 nitrogen and oxygen atoms in total. The van der Waals surface area contributed by atoms with Crippen LogP contribution in [0.3, 0.4) is 0 Å². The van der Waals surface area contributed by atoms with Crippen LogP contribution in [0, 0.1) is 0 Å². The van der Waals surface area contributed by atoms with Crippen LogP contribution in [0.5, 0.6) is 11.5 Å². The van der Waals surface area contributed by atoms with Gasteiger partial charge in [0.05, 0.1) is 31.0 Å². The van der Waals surface area contributed by atoms with Crippen molar-refractivity contribution < 1.29 is 19.1 Å². The van der Waals surface area contributed by atoms with Gasteiger partial charge in [-0.1, -0.05) is 35.9 Å². The number of nitrogens with zero attached hydrogens (tertiary/aromatic N) is 2. The summed E-state index contributed by atoms with van der Waals surface area (Å²) in [5.74, 6) is 0.0282. The highest BCUT2D eigenvalue weighted by Crippen LogP contribution is 2.23. The molecular weight excluding hydrogens is 504 g/mol. The number of halogens is 1. The minimum Gasteiger partial charge on any atom is -0.497 e. The average Bonchev–Trinajstić information content (AvgIpc) is 2.94. The molecule has 0 aliphatic heterocycles. The van der Waals surface area contributed by atoms with Gasteiger partial charge < -0.3 is 19.7 Å². The van der Waals surface area contributed by atoms with Crippen LogP contribution in [0.2, 0.25) is 5.02 Å². The third-order valence-electron chi connectivity index (χ3n) is 5.75. The van der Waals surface area contributed by atoms with E-state index in [9.17, 15) is 9.59 Å². The lowest BCUT2D eigenvalue weighted by Gasteiger charge is -2.21. The smallest absolute Gasteiger partial charge is 0.287 e. The summed E-state index contributed by atoms with van der Waals surface area (Å²) in [7, 11) is 3.09. The lowest BCUT2D eigenvalue weighted by Crippen LogP contribution is -2.33. The summed E-state index contributed by atoms with van der Waals surface area (Å²) in [6, 6.07) is 19.5. The SMILES string of the molecule is CCN(CC)c1ccc(C=C(NC(=O)c2ccccc2Cl)C(=O)NN=Cc2ccc(OC)cc2OC)cc1. The highest BCUT2D eigenvalue weighted by molar-refractivity contribution is 6.34. The minimum absolute atomic E-state index is 0.00403. The van der Waals surface area contributed by atoms with Gasteiger partial charge in [-0.2, -0.15) is 5.10 Å². The van der Waals surface area contributed by atoms with Crippen molar-refractivity contribution in [2.75, 3.05) is 32.2 Å². The summed E-state index contributed by atoms with van der Waals surface area (Å²) >= 11 is 6.19. The molecule has 38 heavy (non-hydrogen) atoms. The average molecular weight is 535 g/mol. The van der Waals surface area contributed by atoms with Crippen LogP contribution >= 0.6 is 11.6 Å². The first-order chi connectivity index (χ1) is 18.4. The third-order valence-corrected chi connectivity index (χ3v) is 6.08. The zero-order chi connectivity index (χ0) is 27.5. The lowest BCUT2D eigenvalue weighted by atomic mass is 10.1. The van der Waals surface area contributed by atoms with Crippen molar-refractivity contribution in [3.8, 4) is 11.5 Å². The number of amides is 2. The van der Waals surface area contributed by atoms with E-state index in [2.05, 4.69) is 34.6 Å². The maximum absolute atomic E-state index is 13.1. The van der Waals surface area contributed by atoms with Crippen molar-refractivity contribution in [1.82, 2.24) is 10.7 Å². The van der Waals surface area contributed by atoms with Crippen molar-refractivity contribution in [3.63, 3.8) is 0 Å². The van der Waals surface area contributed by atoms with Gasteiger partial charge >= 0.3 is 0 Å². The predicted octanol–water partition coefficient (Wildman–Crippen LogP) is 5.12. The van der Waals surface area contributed by atoms with Crippen LogP contribution in [0.1, 0.15) is 35.3 Å². The predicted molar refractivity (Wildman–Crippen MR) is 152 cm³/mol. The number of nitrogens with one attached hydrogen (secondary N) is 2. The number of hydrogen-bond donors (Lipinski definition) is 2. The van der Waals surface area contributed by atoms with E-state index < -0.39 is 11.8 Å². The Kier molecular flexibility index (Phi) is 10.3. The normalized spacial score (nSPS) is 11.2. The molecule has 0 fully saturated rings. The molecule has 0 heterocycles. The Bertz CT molecular complexity index is 1320. The quantitative estimate of drug-likeness (QED) is 0.202. The molecule has 0 spiro atoms.